The van der Waals surface area contributed by atoms with E-state index in [1.165, 1.54) is 116 Å². The van der Waals surface area contributed by atoms with E-state index in [1.54, 1.807) is 0 Å². The molecule has 55 heavy (non-hydrogen) atoms. The van der Waals surface area contributed by atoms with Crippen molar-refractivity contribution in [2.24, 2.45) is 0 Å². The van der Waals surface area contributed by atoms with E-state index in [2.05, 4.69) is 180 Å². The summed E-state index contributed by atoms with van der Waals surface area (Å²) in [7, 11) is 0. The maximum Gasteiger partial charge on any atom is 0.243 e. The van der Waals surface area contributed by atoms with E-state index in [4.69, 9.17) is 4.74 Å². The summed E-state index contributed by atoms with van der Waals surface area (Å²) in [5, 5.41) is 2.45. The van der Waals surface area contributed by atoms with E-state index >= 15 is 0 Å². The Morgan fingerprint density at radius 1 is 0.364 bits per heavy atom. The third kappa shape index (κ3) is 6.23. The molecular weight excluding hydrogens is 662 g/mol. The van der Waals surface area contributed by atoms with Crippen molar-refractivity contribution in [1.29, 1.82) is 0 Å². The average Bonchev–Trinajstić information content (AvgIpc) is 3.09. The SMILES string of the molecule is Cc1cc(C)c(B(c2ccc3c(c2)Oc2cccc4c(B(c5c(C)cc(C)cc5C)c5c(C)cc(C)cc5C)ccc-3c24)c2c(C)cc(C)cc2C)c(C)c1. The summed E-state index contributed by atoms with van der Waals surface area (Å²) in [6, 6.07) is 37.2. The second-order valence-electron chi connectivity index (χ2n) is 16.9. The number of fused-ring (bicyclic) bond motifs is 2. The Hall–Kier alpha value is -5.27. The summed E-state index contributed by atoms with van der Waals surface area (Å²) in [5.74, 6) is 1.85. The Morgan fingerprint density at radius 2 is 0.764 bits per heavy atom. The van der Waals surface area contributed by atoms with Crippen molar-refractivity contribution in [1.82, 2.24) is 0 Å². The number of rotatable bonds is 6. The molecule has 272 valence electrons. The fourth-order valence-corrected chi connectivity index (χ4v) is 10.6. The zero-order valence-corrected chi connectivity index (χ0v) is 34.8. The largest absolute Gasteiger partial charge is 0.456 e. The lowest BCUT2D eigenvalue weighted by molar-refractivity contribution is 0.487. The van der Waals surface area contributed by atoms with Crippen LogP contribution in [-0.4, -0.2) is 13.4 Å². The summed E-state index contributed by atoms with van der Waals surface area (Å²) in [5.41, 5.74) is 26.4. The molecule has 0 atom stereocenters. The molecule has 1 aliphatic rings. The van der Waals surface area contributed by atoms with Crippen LogP contribution in [0.25, 0.3) is 21.9 Å². The molecule has 0 amide bonds. The van der Waals surface area contributed by atoms with Crippen LogP contribution in [-0.2, 0) is 0 Å². The van der Waals surface area contributed by atoms with Crippen LogP contribution in [0.3, 0.4) is 0 Å². The Bertz CT molecular complexity index is 2510. The maximum absolute atomic E-state index is 7.04. The summed E-state index contributed by atoms with van der Waals surface area (Å²) >= 11 is 0. The van der Waals surface area contributed by atoms with Gasteiger partial charge in [-0.1, -0.05) is 184 Å². The molecule has 7 aromatic carbocycles. The van der Waals surface area contributed by atoms with E-state index in [-0.39, 0.29) is 13.4 Å². The summed E-state index contributed by atoms with van der Waals surface area (Å²) in [6.45, 7) is 27.2. The van der Waals surface area contributed by atoms with Crippen LogP contribution in [0.15, 0.2) is 97.1 Å². The third-order valence-electron chi connectivity index (χ3n) is 12.3. The highest BCUT2D eigenvalue weighted by atomic mass is 16.5. The Kier molecular flexibility index (Phi) is 9.20. The van der Waals surface area contributed by atoms with Crippen LogP contribution in [0.2, 0.25) is 0 Å². The molecule has 3 heteroatoms. The van der Waals surface area contributed by atoms with Crippen molar-refractivity contribution in [3.05, 3.63) is 164 Å². The van der Waals surface area contributed by atoms with Gasteiger partial charge in [0.15, 0.2) is 0 Å². The van der Waals surface area contributed by atoms with Gasteiger partial charge in [-0.15, -0.1) is 0 Å². The average molecular weight is 715 g/mol. The Balaban J connectivity index is 1.34. The quantitative estimate of drug-likeness (QED) is 0.156. The van der Waals surface area contributed by atoms with Crippen molar-refractivity contribution in [3.63, 3.8) is 0 Å². The van der Waals surface area contributed by atoms with Crippen molar-refractivity contribution in [2.45, 2.75) is 83.1 Å². The van der Waals surface area contributed by atoms with Gasteiger partial charge < -0.3 is 4.74 Å². The molecule has 0 bridgehead atoms. The molecule has 0 aliphatic carbocycles. The lowest BCUT2D eigenvalue weighted by Crippen LogP contribution is -2.56. The molecular formula is C52H52B2O. The molecule has 1 heterocycles. The van der Waals surface area contributed by atoms with Crippen LogP contribution < -0.4 is 37.5 Å². The minimum absolute atomic E-state index is 0.0806. The number of aryl methyl sites for hydroxylation is 12. The van der Waals surface area contributed by atoms with Crippen LogP contribution in [0.4, 0.5) is 0 Å². The molecule has 0 aromatic heterocycles. The van der Waals surface area contributed by atoms with Crippen LogP contribution >= 0.6 is 0 Å². The van der Waals surface area contributed by atoms with Crippen molar-refractivity contribution < 1.29 is 4.74 Å². The Morgan fingerprint density at radius 3 is 1.20 bits per heavy atom. The molecule has 1 aliphatic heterocycles. The van der Waals surface area contributed by atoms with Crippen LogP contribution in [0, 0.1) is 83.1 Å². The topological polar surface area (TPSA) is 9.23 Å². The van der Waals surface area contributed by atoms with E-state index < -0.39 is 0 Å². The second-order valence-corrected chi connectivity index (χ2v) is 16.9. The fraction of sp³-hybridized carbons (Fsp3) is 0.231. The molecule has 0 N–H and O–H groups in total. The summed E-state index contributed by atoms with van der Waals surface area (Å²) in [6.07, 6.45) is 0. The normalized spacial score (nSPS) is 11.8. The van der Waals surface area contributed by atoms with Gasteiger partial charge in [0.2, 0.25) is 13.4 Å². The van der Waals surface area contributed by atoms with Gasteiger partial charge in [0.05, 0.1) is 0 Å². The number of hydrogen-bond acceptors (Lipinski definition) is 1. The highest BCUT2D eigenvalue weighted by Gasteiger charge is 2.33. The molecule has 8 rings (SSSR count). The minimum atomic E-state index is 0.0806. The summed E-state index contributed by atoms with van der Waals surface area (Å²) in [4.78, 5) is 0. The molecule has 7 aromatic rings. The van der Waals surface area contributed by atoms with Crippen molar-refractivity contribution >= 4 is 57.0 Å². The molecule has 0 saturated heterocycles. The van der Waals surface area contributed by atoms with E-state index in [0.717, 1.165) is 17.1 Å². The molecule has 0 saturated carbocycles. The van der Waals surface area contributed by atoms with Crippen molar-refractivity contribution in [2.75, 3.05) is 0 Å². The number of benzene rings is 7. The Labute approximate surface area is 330 Å². The van der Waals surface area contributed by atoms with Crippen molar-refractivity contribution in [3.8, 4) is 22.6 Å². The standard InChI is InChI=1S/C52H52B2O/c1-29-20-33(5)49(34(6)21-29)53(50-35(7)22-30(2)23-36(50)8)41-16-17-42-43-18-19-45(44-14-13-15-46(48(43)44)55-47(42)28-41)54(51-37(9)24-31(3)25-38(51)10)52-39(11)26-32(4)27-40(52)12/h13-28H,1-12H3. The first kappa shape index (κ1) is 36.7. The zero-order valence-electron chi connectivity index (χ0n) is 34.8. The highest BCUT2D eigenvalue weighted by Crippen LogP contribution is 2.45. The molecule has 0 fully saturated rings. The highest BCUT2D eigenvalue weighted by molar-refractivity contribution is 6.98. The smallest absolute Gasteiger partial charge is 0.243 e. The van der Waals surface area contributed by atoms with Crippen LogP contribution in [0.5, 0.6) is 11.5 Å². The fourth-order valence-electron chi connectivity index (χ4n) is 10.6. The molecule has 0 spiro atoms. The monoisotopic (exact) mass is 714 g/mol. The third-order valence-corrected chi connectivity index (χ3v) is 12.3. The number of hydrogen-bond donors (Lipinski definition) is 0. The van der Waals surface area contributed by atoms with E-state index in [0.29, 0.717) is 0 Å². The predicted octanol–water partition coefficient (Wildman–Crippen LogP) is 9.35. The lowest BCUT2D eigenvalue weighted by atomic mass is 9.33. The van der Waals surface area contributed by atoms with Gasteiger partial charge in [0.1, 0.15) is 11.5 Å². The first-order valence-corrected chi connectivity index (χ1v) is 19.9. The molecule has 0 radical (unpaired) electrons. The molecule has 1 nitrogen and oxygen atoms in total. The summed E-state index contributed by atoms with van der Waals surface area (Å²) < 4.78 is 7.04. The minimum Gasteiger partial charge on any atom is -0.456 e. The van der Waals surface area contributed by atoms with Gasteiger partial charge in [-0.2, -0.15) is 0 Å². The van der Waals surface area contributed by atoms with Gasteiger partial charge in [0.25, 0.3) is 0 Å². The van der Waals surface area contributed by atoms with Gasteiger partial charge in [-0.25, -0.2) is 0 Å². The van der Waals surface area contributed by atoms with Gasteiger partial charge in [0, 0.05) is 10.9 Å². The van der Waals surface area contributed by atoms with Gasteiger partial charge >= 0.3 is 0 Å². The van der Waals surface area contributed by atoms with Gasteiger partial charge in [-0.3, -0.25) is 0 Å². The first-order chi connectivity index (χ1) is 26.2. The van der Waals surface area contributed by atoms with Gasteiger partial charge in [-0.05, 0) is 106 Å². The first-order valence-electron chi connectivity index (χ1n) is 19.9. The van der Waals surface area contributed by atoms with E-state index in [1.807, 2.05) is 0 Å². The second kappa shape index (κ2) is 13.8. The lowest BCUT2D eigenvalue weighted by Gasteiger charge is -2.29. The molecule has 0 unspecified atom stereocenters. The van der Waals surface area contributed by atoms with E-state index in [9.17, 15) is 0 Å². The zero-order chi connectivity index (χ0) is 39.0. The number of ether oxygens (including phenoxy) is 1. The maximum atomic E-state index is 7.04. The predicted molar refractivity (Wildman–Crippen MR) is 241 cm³/mol. The van der Waals surface area contributed by atoms with Crippen LogP contribution in [0.1, 0.15) is 66.8 Å².